The predicted molar refractivity (Wildman–Crippen MR) is 247 cm³/mol. The minimum absolute atomic E-state index is 0.0874. The van der Waals surface area contributed by atoms with Crippen LogP contribution in [0.4, 0.5) is 0 Å². The third-order valence-electron chi connectivity index (χ3n) is 9.96. The molecule has 0 aliphatic rings. The van der Waals surface area contributed by atoms with Gasteiger partial charge in [0.2, 0.25) is 0 Å². The number of ether oxygens (including phenoxy) is 3. The normalized spacial score (nSPS) is 12.7. The van der Waals surface area contributed by atoms with E-state index in [9.17, 15) is 14.4 Å². The minimum Gasteiger partial charge on any atom is -0.462 e. The van der Waals surface area contributed by atoms with Gasteiger partial charge in [-0.3, -0.25) is 14.4 Å². The molecule has 1 atom stereocenters. The maximum Gasteiger partial charge on any atom is 0.306 e. The molecule has 6 nitrogen and oxygen atoms in total. The summed E-state index contributed by atoms with van der Waals surface area (Å²) in [6.07, 6.45) is 57.4. The standard InChI is InChI=1S/C52H88O6/c1-4-7-10-13-16-19-22-24-26-28-30-33-36-39-42-45-51(54)57-48-49(47-56-50(53)44-41-38-35-32-21-18-15-12-9-6-3)58-52(55)46-43-40-37-34-31-29-27-25-23-20-17-14-11-8-5-2/h7-8,10-11,16-17,19-20,24-27,49H,4-6,9,12-15,18,21-23,28-48H2,1-3H3/b10-7-,11-8-,19-16-,20-17-,26-24-,27-25-. The summed E-state index contributed by atoms with van der Waals surface area (Å²) in [5.74, 6) is -0.926. The highest BCUT2D eigenvalue weighted by atomic mass is 16.6. The van der Waals surface area contributed by atoms with Crippen molar-refractivity contribution in [2.45, 2.75) is 226 Å². The fourth-order valence-corrected chi connectivity index (χ4v) is 6.41. The van der Waals surface area contributed by atoms with Gasteiger partial charge in [0.05, 0.1) is 0 Å². The Morgan fingerprint density at radius 2 is 0.672 bits per heavy atom. The first-order chi connectivity index (χ1) is 28.5. The summed E-state index contributed by atoms with van der Waals surface area (Å²) in [6, 6.07) is 0. The number of carbonyl (C=O) groups is 3. The molecule has 1 unspecified atom stereocenters. The molecule has 0 saturated heterocycles. The molecule has 0 saturated carbocycles. The molecule has 0 amide bonds. The van der Waals surface area contributed by atoms with Crippen molar-refractivity contribution in [3.63, 3.8) is 0 Å². The lowest BCUT2D eigenvalue weighted by atomic mass is 10.1. The fraction of sp³-hybridized carbons (Fsp3) is 0.712. The third-order valence-corrected chi connectivity index (χ3v) is 9.96. The average Bonchev–Trinajstić information content (AvgIpc) is 3.22. The Hall–Kier alpha value is -3.15. The molecular weight excluding hydrogens is 721 g/mol. The van der Waals surface area contributed by atoms with Crippen LogP contribution >= 0.6 is 0 Å². The Balaban J connectivity index is 4.43. The van der Waals surface area contributed by atoms with E-state index in [1.54, 1.807) is 0 Å². The van der Waals surface area contributed by atoms with E-state index in [0.29, 0.717) is 19.3 Å². The molecule has 0 rings (SSSR count). The monoisotopic (exact) mass is 809 g/mol. The molecule has 58 heavy (non-hydrogen) atoms. The SMILES string of the molecule is CC/C=C\C/C=C\C/C=C\CCCCCCCC(=O)OCC(COC(=O)CCCCCCCCCCCC)OC(=O)CCCCCCC/C=C\C/C=C\C/C=C\CC. The van der Waals surface area contributed by atoms with E-state index in [1.807, 2.05) is 0 Å². The van der Waals surface area contributed by atoms with Gasteiger partial charge in [0, 0.05) is 19.3 Å². The first-order valence-electron chi connectivity index (χ1n) is 23.9. The molecule has 0 heterocycles. The predicted octanol–water partition coefficient (Wildman–Crippen LogP) is 15.5. The van der Waals surface area contributed by atoms with Crippen molar-refractivity contribution >= 4 is 17.9 Å². The second-order valence-corrected chi connectivity index (χ2v) is 15.6. The number of esters is 3. The van der Waals surface area contributed by atoms with Crippen LogP contribution in [0.3, 0.4) is 0 Å². The number of hydrogen-bond acceptors (Lipinski definition) is 6. The third kappa shape index (κ3) is 44.0. The summed E-state index contributed by atoms with van der Waals surface area (Å²) in [7, 11) is 0. The number of carbonyl (C=O) groups excluding carboxylic acids is 3. The smallest absolute Gasteiger partial charge is 0.306 e. The van der Waals surface area contributed by atoms with E-state index in [4.69, 9.17) is 14.2 Å². The van der Waals surface area contributed by atoms with E-state index in [2.05, 4.69) is 93.7 Å². The van der Waals surface area contributed by atoms with Crippen LogP contribution in [0.2, 0.25) is 0 Å². The second kappa shape index (κ2) is 46.5. The van der Waals surface area contributed by atoms with E-state index in [1.165, 1.54) is 44.9 Å². The van der Waals surface area contributed by atoms with Gasteiger partial charge in [-0.15, -0.1) is 0 Å². The molecule has 0 fully saturated rings. The van der Waals surface area contributed by atoms with Gasteiger partial charge in [-0.2, -0.15) is 0 Å². The molecular formula is C52H88O6. The Bertz CT molecular complexity index is 1110. The second-order valence-electron chi connectivity index (χ2n) is 15.6. The van der Waals surface area contributed by atoms with Crippen LogP contribution in [-0.4, -0.2) is 37.2 Å². The lowest BCUT2D eigenvalue weighted by molar-refractivity contribution is -0.167. The van der Waals surface area contributed by atoms with Gasteiger partial charge < -0.3 is 14.2 Å². The van der Waals surface area contributed by atoms with E-state index in [-0.39, 0.29) is 31.1 Å². The van der Waals surface area contributed by atoms with Crippen molar-refractivity contribution in [3.8, 4) is 0 Å². The Kier molecular flexibility index (Phi) is 44.0. The first kappa shape index (κ1) is 54.9. The van der Waals surface area contributed by atoms with Crippen LogP contribution < -0.4 is 0 Å². The summed E-state index contributed by atoms with van der Waals surface area (Å²) in [4.78, 5) is 37.8. The number of unbranched alkanes of at least 4 members (excludes halogenated alkanes) is 19. The Labute approximate surface area is 357 Å². The molecule has 0 radical (unpaired) electrons. The van der Waals surface area contributed by atoms with Crippen molar-refractivity contribution in [1.82, 2.24) is 0 Å². The van der Waals surface area contributed by atoms with Crippen molar-refractivity contribution in [3.05, 3.63) is 72.9 Å². The summed E-state index contributed by atoms with van der Waals surface area (Å²) in [5, 5.41) is 0. The molecule has 6 heteroatoms. The van der Waals surface area contributed by atoms with Gasteiger partial charge in [0.15, 0.2) is 6.10 Å². The molecule has 0 aromatic heterocycles. The van der Waals surface area contributed by atoms with Crippen LogP contribution in [0.5, 0.6) is 0 Å². The maximum atomic E-state index is 12.7. The number of rotatable bonds is 42. The van der Waals surface area contributed by atoms with Crippen LogP contribution in [0.25, 0.3) is 0 Å². The highest BCUT2D eigenvalue weighted by Gasteiger charge is 2.19. The minimum atomic E-state index is -0.788. The Morgan fingerprint density at radius 1 is 0.362 bits per heavy atom. The highest BCUT2D eigenvalue weighted by molar-refractivity contribution is 5.71. The lowest BCUT2D eigenvalue weighted by Gasteiger charge is -2.18. The van der Waals surface area contributed by atoms with Crippen molar-refractivity contribution in [1.29, 1.82) is 0 Å². The van der Waals surface area contributed by atoms with E-state index >= 15 is 0 Å². The molecule has 0 aliphatic carbocycles. The molecule has 0 aromatic rings. The largest absolute Gasteiger partial charge is 0.462 e. The van der Waals surface area contributed by atoms with Crippen LogP contribution in [0, 0.1) is 0 Å². The Morgan fingerprint density at radius 3 is 1.05 bits per heavy atom. The zero-order valence-electron chi connectivity index (χ0n) is 37.8. The van der Waals surface area contributed by atoms with Gasteiger partial charge in [-0.1, -0.05) is 190 Å². The molecule has 332 valence electrons. The number of hydrogen-bond donors (Lipinski definition) is 0. The zero-order valence-corrected chi connectivity index (χ0v) is 37.8. The van der Waals surface area contributed by atoms with Gasteiger partial charge in [0.1, 0.15) is 13.2 Å². The fourth-order valence-electron chi connectivity index (χ4n) is 6.41. The highest BCUT2D eigenvalue weighted by Crippen LogP contribution is 2.14. The quantitative estimate of drug-likeness (QED) is 0.0264. The van der Waals surface area contributed by atoms with Crippen molar-refractivity contribution < 1.29 is 28.6 Å². The summed E-state index contributed by atoms with van der Waals surface area (Å²) < 4.78 is 16.7. The van der Waals surface area contributed by atoms with Gasteiger partial charge in [-0.25, -0.2) is 0 Å². The van der Waals surface area contributed by atoms with Gasteiger partial charge in [-0.05, 0) is 83.5 Å². The van der Waals surface area contributed by atoms with E-state index < -0.39 is 6.10 Å². The molecule has 0 aliphatic heterocycles. The molecule has 0 aromatic carbocycles. The van der Waals surface area contributed by atoms with Crippen LogP contribution in [0.15, 0.2) is 72.9 Å². The van der Waals surface area contributed by atoms with Crippen molar-refractivity contribution in [2.75, 3.05) is 13.2 Å². The summed E-state index contributed by atoms with van der Waals surface area (Å²) in [5.41, 5.74) is 0. The van der Waals surface area contributed by atoms with E-state index in [0.717, 1.165) is 135 Å². The van der Waals surface area contributed by atoms with Crippen molar-refractivity contribution in [2.24, 2.45) is 0 Å². The first-order valence-corrected chi connectivity index (χ1v) is 23.9. The van der Waals surface area contributed by atoms with Gasteiger partial charge in [0.25, 0.3) is 0 Å². The maximum absolute atomic E-state index is 12.7. The number of allylic oxidation sites excluding steroid dienone is 12. The topological polar surface area (TPSA) is 78.9 Å². The average molecular weight is 809 g/mol. The summed E-state index contributed by atoms with van der Waals surface area (Å²) in [6.45, 7) is 6.36. The molecule has 0 spiro atoms. The summed E-state index contributed by atoms with van der Waals surface area (Å²) >= 11 is 0. The van der Waals surface area contributed by atoms with Crippen LogP contribution in [-0.2, 0) is 28.6 Å². The zero-order chi connectivity index (χ0) is 42.3. The van der Waals surface area contributed by atoms with Gasteiger partial charge >= 0.3 is 17.9 Å². The molecule has 0 bridgehead atoms. The molecule has 0 N–H and O–H groups in total. The van der Waals surface area contributed by atoms with Crippen LogP contribution in [0.1, 0.15) is 220 Å². The lowest BCUT2D eigenvalue weighted by Crippen LogP contribution is -2.30.